The minimum atomic E-state index is -0.354. The van der Waals surface area contributed by atoms with Crippen molar-refractivity contribution in [2.45, 2.75) is 6.54 Å². The van der Waals surface area contributed by atoms with Gasteiger partial charge in [0.1, 0.15) is 24.2 Å². The Morgan fingerprint density at radius 2 is 1.79 bits per heavy atom. The molecule has 0 aliphatic rings. The van der Waals surface area contributed by atoms with Crippen LogP contribution in [-0.4, -0.2) is 29.5 Å². The molecule has 9 heteroatoms. The zero-order chi connectivity index (χ0) is 19.8. The van der Waals surface area contributed by atoms with Crippen LogP contribution in [-0.2, 0) is 6.54 Å². The van der Waals surface area contributed by atoms with Crippen LogP contribution in [0.2, 0.25) is 0 Å². The maximum atomic E-state index is 13.1. The predicted octanol–water partition coefficient (Wildman–Crippen LogP) is 2.80. The van der Waals surface area contributed by atoms with Crippen LogP contribution in [0.3, 0.4) is 0 Å². The first kappa shape index (κ1) is 17.0. The highest BCUT2D eigenvalue weighted by molar-refractivity contribution is 5.65. The normalized spacial score (nSPS) is 11.2. The average Bonchev–Trinajstić information content (AvgIpc) is 3.39. The van der Waals surface area contributed by atoms with Crippen molar-refractivity contribution in [2.75, 3.05) is 0 Å². The third kappa shape index (κ3) is 3.18. The summed E-state index contributed by atoms with van der Waals surface area (Å²) in [4.78, 5) is 17.1. The van der Waals surface area contributed by atoms with Crippen molar-refractivity contribution in [1.82, 2.24) is 29.5 Å². The summed E-state index contributed by atoms with van der Waals surface area (Å²) in [6.45, 7) is 0.0340. The van der Waals surface area contributed by atoms with Crippen molar-refractivity contribution in [1.29, 1.82) is 0 Å². The Kier molecular flexibility index (Phi) is 3.98. The van der Waals surface area contributed by atoms with Gasteiger partial charge in [0.15, 0.2) is 0 Å². The molecule has 0 unspecified atom stereocenters. The molecule has 3 aromatic heterocycles. The standard InChI is InChI=1S/C20H13FN6O2/c21-15-8-6-13(7-9-15)16-10-17-20(28)26(22-12-27(17)24-16)11-18-23-19(25-29-18)14-4-2-1-3-5-14/h1-10,12H,11H2. The Morgan fingerprint density at radius 3 is 2.59 bits per heavy atom. The van der Waals surface area contributed by atoms with Crippen LogP contribution in [0.15, 0.2) is 76.3 Å². The van der Waals surface area contributed by atoms with Gasteiger partial charge >= 0.3 is 0 Å². The van der Waals surface area contributed by atoms with Gasteiger partial charge in [0.05, 0.1) is 5.69 Å². The van der Waals surface area contributed by atoms with E-state index in [1.807, 2.05) is 30.3 Å². The highest BCUT2D eigenvalue weighted by atomic mass is 19.1. The first-order chi connectivity index (χ1) is 14.2. The second-order valence-electron chi connectivity index (χ2n) is 6.34. The number of rotatable bonds is 4. The monoisotopic (exact) mass is 388 g/mol. The Hall–Kier alpha value is -4.14. The Labute approximate surface area is 162 Å². The number of nitrogens with zero attached hydrogens (tertiary/aromatic N) is 6. The van der Waals surface area contributed by atoms with Crippen molar-refractivity contribution in [2.24, 2.45) is 0 Å². The molecule has 0 saturated heterocycles. The zero-order valence-electron chi connectivity index (χ0n) is 14.9. The highest BCUT2D eigenvalue weighted by Gasteiger charge is 2.14. The van der Waals surface area contributed by atoms with E-state index in [0.29, 0.717) is 22.6 Å². The predicted molar refractivity (Wildman–Crippen MR) is 101 cm³/mol. The third-order valence-electron chi connectivity index (χ3n) is 4.41. The first-order valence-electron chi connectivity index (χ1n) is 8.77. The first-order valence-corrected chi connectivity index (χ1v) is 8.77. The maximum absolute atomic E-state index is 13.1. The van der Waals surface area contributed by atoms with Crippen LogP contribution in [0.25, 0.3) is 28.2 Å². The van der Waals surface area contributed by atoms with Crippen LogP contribution in [0.1, 0.15) is 5.89 Å². The van der Waals surface area contributed by atoms with Gasteiger partial charge in [-0.1, -0.05) is 35.5 Å². The summed E-state index contributed by atoms with van der Waals surface area (Å²) in [5.74, 6) is 0.370. The molecular formula is C20H13FN6O2. The van der Waals surface area contributed by atoms with Gasteiger partial charge in [0.2, 0.25) is 11.7 Å². The fourth-order valence-corrected chi connectivity index (χ4v) is 2.96. The lowest BCUT2D eigenvalue weighted by Crippen LogP contribution is -2.25. The molecule has 8 nitrogen and oxygen atoms in total. The number of fused-ring (bicyclic) bond motifs is 1. The molecule has 0 radical (unpaired) electrons. The van der Waals surface area contributed by atoms with Gasteiger partial charge < -0.3 is 4.52 Å². The molecule has 0 atom stereocenters. The summed E-state index contributed by atoms with van der Waals surface area (Å²) in [5.41, 5.74) is 2.05. The van der Waals surface area contributed by atoms with Crippen molar-refractivity contribution in [3.8, 4) is 22.6 Å². The number of hydrogen-bond donors (Lipinski definition) is 0. The van der Waals surface area contributed by atoms with Crippen molar-refractivity contribution < 1.29 is 8.91 Å². The lowest BCUT2D eigenvalue weighted by Gasteiger charge is -2.00. The molecule has 29 heavy (non-hydrogen) atoms. The Balaban J connectivity index is 1.47. The van der Waals surface area contributed by atoms with E-state index in [1.54, 1.807) is 18.2 Å². The minimum Gasteiger partial charge on any atom is -0.337 e. The van der Waals surface area contributed by atoms with Gasteiger partial charge in [-0.25, -0.2) is 13.6 Å². The van der Waals surface area contributed by atoms with Gasteiger partial charge in [0.25, 0.3) is 5.56 Å². The topological polar surface area (TPSA) is 91.1 Å². The van der Waals surface area contributed by atoms with Crippen molar-refractivity contribution in [3.05, 3.63) is 89.1 Å². The lowest BCUT2D eigenvalue weighted by molar-refractivity contribution is 0.362. The molecule has 3 heterocycles. The molecular weight excluding hydrogens is 375 g/mol. The second-order valence-corrected chi connectivity index (χ2v) is 6.34. The molecule has 5 aromatic rings. The van der Waals surface area contributed by atoms with Crippen molar-refractivity contribution >= 4 is 5.52 Å². The fraction of sp³-hybridized carbons (Fsp3) is 0.0500. The van der Waals surface area contributed by atoms with E-state index in [4.69, 9.17) is 4.52 Å². The third-order valence-corrected chi connectivity index (χ3v) is 4.41. The van der Waals surface area contributed by atoms with Gasteiger partial charge in [-0.2, -0.15) is 15.2 Å². The van der Waals surface area contributed by atoms with Crippen LogP contribution < -0.4 is 5.56 Å². The molecule has 0 fully saturated rings. The van der Waals surface area contributed by atoms with Gasteiger partial charge in [-0.05, 0) is 30.3 Å². The van der Waals surface area contributed by atoms with E-state index in [9.17, 15) is 9.18 Å². The van der Waals surface area contributed by atoms with E-state index in [2.05, 4.69) is 20.3 Å². The molecule has 0 aliphatic carbocycles. The summed E-state index contributed by atoms with van der Waals surface area (Å²) in [7, 11) is 0. The maximum Gasteiger partial charge on any atom is 0.293 e. The summed E-state index contributed by atoms with van der Waals surface area (Å²) < 4.78 is 21.0. The fourth-order valence-electron chi connectivity index (χ4n) is 2.96. The largest absolute Gasteiger partial charge is 0.337 e. The lowest BCUT2D eigenvalue weighted by atomic mass is 10.1. The van der Waals surface area contributed by atoms with Gasteiger partial charge in [-0.15, -0.1) is 0 Å². The van der Waals surface area contributed by atoms with Gasteiger partial charge in [-0.3, -0.25) is 4.79 Å². The van der Waals surface area contributed by atoms with Crippen LogP contribution >= 0.6 is 0 Å². The van der Waals surface area contributed by atoms with Gasteiger partial charge in [0, 0.05) is 11.1 Å². The molecule has 0 aliphatic heterocycles. The summed E-state index contributed by atoms with van der Waals surface area (Å²) in [5, 5.41) is 12.4. The molecule has 0 bridgehead atoms. The SMILES string of the molecule is O=c1c2cc(-c3ccc(F)cc3)nn2cnn1Cc1nc(-c2ccccc2)no1. The molecule has 2 aromatic carbocycles. The average molecular weight is 388 g/mol. The van der Waals surface area contributed by atoms with Crippen molar-refractivity contribution in [3.63, 3.8) is 0 Å². The summed E-state index contributed by atoms with van der Waals surface area (Å²) in [6.07, 6.45) is 1.43. The highest BCUT2D eigenvalue weighted by Crippen LogP contribution is 2.19. The molecule has 142 valence electrons. The molecule has 0 spiro atoms. The van der Waals surface area contributed by atoms with Crippen LogP contribution in [0.5, 0.6) is 0 Å². The van der Waals surface area contributed by atoms with E-state index in [0.717, 1.165) is 5.56 Å². The van der Waals surface area contributed by atoms with Crippen LogP contribution in [0, 0.1) is 5.82 Å². The molecule has 0 amide bonds. The van der Waals surface area contributed by atoms with E-state index < -0.39 is 0 Å². The summed E-state index contributed by atoms with van der Waals surface area (Å²) >= 11 is 0. The van der Waals surface area contributed by atoms with Crippen LogP contribution in [0.4, 0.5) is 4.39 Å². The summed E-state index contributed by atoms with van der Waals surface area (Å²) in [6, 6.07) is 16.9. The molecule has 5 rings (SSSR count). The minimum absolute atomic E-state index is 0.0340. The smallest absolute Gasteiger partial charge is 0.293 e. The van der Waals surface area contributed by atoms with E-state index in [1.165, 1.54) is 27.7 Å². The number of aromatic nitrogens is 6. The Bertz CT molecular complexity index is 1360. The second kappa shape index (κ2) is 6.79. The zero-order valence-corrected chi connectivity index (χ0v) is 14.9. The number of halogens is 1. The van der Waals surface area contributed by atoms with E-state index in [-0.39, 0.29) is 23.8 Å². The molecule has 0 N–H and O–H groups in total. The van der Waals surface area contributed by atoms with E-state index >= 15 is 0 Å². The quantitative estimate of drug-likeness (QED) is 0.470. The molecule has 0 saturated carbocycles. The number of hydrogen-bond acceptors (Lipinski definition) is 6. The number of benzene rings is 2. The Morgan fingerprint density at radius 1 is 1.00 bits per heavy atom.